The van der Waals surface area contributed by atoms with Gasteiger partial charge in [0.25, 0.3) is 5.91 Å². The number of hydrogen-bond acceptors (Lipinski definition) is 5. The molecule has 0 unspecified atom stereocenters. The predicted molar refractivity (Wildman–Crippen MR) is 121 cm³/mol. The van der Waals surface area contributed by atoms with Gasteiger partial charge in [-0.05, 0) is 49.1 Å². The van der Waals surface area contributed by atoms with E-state index in [1.165, 1.54) is 48.5 Å². The maximum atomic E-state index is 14.8. The van der Waals surface area contributed by atoms with Crippen LogP contribution in [0.15, 0.2) is 55.0 Å². The van der Waals surface area contributed by atoms with Crippen LogP contribution in [0, 0.1) is 11.7 Å². The summed E-state index contributed by atoms with van der Waals surface area (Å²) in [7, 11) is 0. The topological polar surface area (TPSA) is 79.3 Å². The minimum Gasteiger partial charge on any atom is -0.333 e. The number of amides is 2. The number of hydrogen-bond donors (Lipinski definition) is 0. The molecule has 2 amide bonds. The number of carbonyl (C=O) groups excluding carboxylic acids is 2. The molecule has 1 saturated carbocycles. The average Bonchev–Trinajstić information content (AvgIpc) is 3.45. The van der Waals surface area contributed by atoms with Crippen LogP contribution >= 0.6 is 0 Å². The molecule has 186 valence electrons. The Morgan fingerprint density at radius 2 is 1.78 bits per heavy atom. The standard InChI is InChI=1S/C25H21F4N5O2/c1-14(35)34(21-7-6-16(12-32-21)25(27,28)29)20-11-15-10-19(20)33(13-15)24(36)17-4-2-5-18(26)22(17)23-30-8-3-9-31-23/h2-9,12,15,19-20H,10-11,13H2,1H3/t15-,19+,20-/m1/s1. The molecule has 1 aliphatic carbocycles. The molecular formula is C25H21F4N5O2. The van der Waals surface area contributed by atoms with Gasteiger partial charge in [-0.2, -0.15) is 13.2 Å². The number of pyridine rings is 1. The van der Waals surface area contributed by atoms with Crippen molar-refractivity contribution >= 4 is 17.6 Å². The lowest BCUT2D eigenvalue weighted by Crippen LogP contribution is -2.54. The summed E-state index contributed by atoms with van der Waals surface area (Å²) in [6.45, 7) is 1.74. The zero-order chi connectivity index (χ0) is 25.6. The lowest BCUT2D eigenvalue weighted by Gasteiger charge is -2.39. The van der Waals surface area contributed by atoms with Crippen molar-refractivity contribution < 1.29 is 27.2 Å². The predicted octanol–water partition coefficient (Wildman–Crippen LogP) is 4.35. The fourth-order valence-corrected chi connectivity index (χ4v) is 5.28. The second-order valence-electron chi connectivity index (χ2n) is 8.96. The van der Waals surface area contributed by atoms with Crippen LogP contribution in [0.3, 0.4) is 0 Å². The normalized spacial score (nSPS) is 21.0. The number of aromatic nitrogens is 3. The Bertz CT molecular complexity index is 1300. The molecule has 0 radical (unpaired) electrons. The third-order valence-electron chi connectivity index (χ3n) is 6.74. The number of fused-ring (bicyclic) bond motifs is 2. The fourth-order valence-electron chi connectivity index (χ4n) is 5.28. The Labute approximate surface area is 203 Å². The number of nitrogens with zero attached hydrogens (tertiary/aromatic N) is 5. The van der Waals surface area contributed by atoms with Crippen LogP contribution in [0.25, 0.3) is 11.4 Å². The summed E-state index contributed by atoms with van der Waals surface area (Å²) in [5.74, 6) is -1.18. The van der Waals surface area contributed by atoms with Crippen LogP contribution in [0.4, 0.5) is 23.4 Å². The van der Waals surface area contributed by atoms with Gasteiger partial charge in [0.05, 0.1) is 28.8 Å². The molecule has 2 aromatic heterocycles. The number of anilines is 1. The molecule has 2 fully saturated rings. The molecule has 11 heteroatoms. The summed E-state index contributed by atoms with van der Waals surface area (Å²) in [4.78, 5) is 41.3. The SMILES string of the molecule is CC(=O)N(c1ccc(C(F)(F)F)cn1)[C@@H]1C[C@H]2C[C@@H]1N(C(=O)c1cccc(F)c1-c1ncccn1)C2. The van der Waals surface area contributed by atoms with Crippen molar-refractivity contribution in [2.24, 2.45) is 5.92 Å². The molecule has 1 aliphatic heterocycles. The minimum absolute atomic E-state index is 0.00439. The van der Waals surface area contributed by atoms with Crippen LogP contribution in [-0.2, 0) is 11.0 Å². The van der Waals surface area contributed by atoms with Crippen molar-refractivity contribution in [3.63, 3.8) is 0 Å². The first kappa shape index (κ1) is 23.8. The third kappa shape index (κ3) is 4.18. The number of alkyl halides is 3. The minimum atomic E-state index is -4.55. The summed E-state index contributed by atoms with van der Waals surface area (Å²) in [6.07, 6.45) is 0.257. The molecule has 36 heavy (non-hydrogen) atoms. The van der Waals surface area contributed by atoms with Crippen LogP contribution < -0.4 is 4.90 Å². The summed E-state index contributed by atoms with van der Waals surface area (Å²) in [5.41, 5.74) is -0.814. The Morgan fingerprint density at radius 1 is 1.03 bits per heavy atom. The van der Waals surface area contributed by atoms with Crippen LogP contribution in [0.5, 0.6) is 0 Å². The quantitative estimate of drug-likeness (QED) is 0.499. The van der Waals surface area contributed by atoms with E-state index >= 15 is 0 Å². The Balaban J connectivity index is 1.46. The van der Waals surface area contributed by atoms with Gasteiger partial charge in [0.1, 0.15) is 11.6 Å². The zero-order valence-electron chi connectivity index (χ0n) is 19.1. The van der Waals surface area contributed by atoms with E-state index in [1.807, 2.05) is 0 Å². The molecule has 7 nitrogen and oxygen atoms in total. The first-order valence-electron chi connectivity index (χ1n) is 11.3. The van der Waals surface area contributed by atoms with Gasteiger partial charge in [0, 0.05) is 32.1 Å². The van der Waals surface area contributed by atoms with E-state index in [-0.39, 0.29) is 28.7 Å². The van der Waals surface area contributed by atoms with Crippen molar-refractivity contribution in [1.29, 1.82) is 0 Å². The summed E-state index contributed by atoms with van der Waals surface area (Å²) in [6, 6.07) is 6.94. The van der Waals surface area contributed by atoms with Crippen molar-refractivity contribution in [3.8, 4) is 11.4 Å². The number of halogens is 4. The Kier molecular flexibility index (Phi) is 5.93. The number of carbonyl (C=O) groups is 2. The van der Waals surface area contributed by atoms with E-state index in [2.05, 4.69) is 15.0 Å². The fraction of sp³-hybridized carbons (Fsp3) is 0.320. The molecule has 3 aromatic rings. The summed E-state index contributed by atoms with van der Waals surface area (Å²) >= 11 is 0. The van der Waals surface area contributed by atoms with E-state index in [4.69, 9.17) is 0 Å². The number of rotatable bonds is 4. The molecular weight excluding hydrogens is 478 g/mol. The molecule has 1 saturated heterocycles. The molecule has 3 atom stereocenters. The van der Waals surface area contributed by atoms with E-state index in [0.717, 1.165) is 6.07 Å². The monoisotopic (exact) mass is 499 g/mol. The van der Waals surface area contributed by atoms with E-state index in [9.17, 15) is 27.2 Å². The molecule has 0 N–H and O–H groups in total. The van der Waals surface area contributed by atoms with Gasteiger partial charge in [-0.25, -0.2) is 19.3 Å². The molecule has 5 rings (SSSR count). The van der Waals surface area contributed by atoms with Gasteiger partial charge in [0.2, 0.25) is 5.91 Å². The highest BCUT2D eigenvalue weighted by molar-refractivity contribution is 6.01. The molecule has 0 spiro atoms. The van der Waals surface area contributed by atoms with Gasteiger partial charge in [-0.15, -0.1) is 0 Å². The number of benzene rings is 1. The Hall–Kier alpha value is -3.89. The smallest absolute Gasteiger partial charge is 0.333 e. The van der Waals surface area contributed by atoms with Gasteiger partial charge in [0.15, 0.2) is 5.82 Å². The lowest BCUT2D eigenvalue weighted by molar-refractivity contribution is -0.137. The van der Waals surface area contributed by atoms with Crippen LogP contribution in [0.2, 0.25) is 0 Å². The van der Waals surface area contributed by atoms with Crippen molar-refractivity contribution in [1.82, 2.24) is 19.9 Å². The highest BCUT2D eigenvalue weighted by atomic mass is 19.4. The Morgan fingerprint density at radius 3 is 2.39 bits per heavy atom. The van der Waals surface area contributed by atoms with E-state index in [0.29, 0.717) is 25.6 Å². The van der Waals surface area contributed by atoms with Gasteiger partial charge in [-0.3, -0.25) is 14.5 Å². The first-order chi connectivity index (χ1) is 17.1. The zero-order valence-corrected chi connectivity index (χ0v) is 19.1. The molecule has 3 heterocycles. The highest BCUT2D eigenvalue weighted by Crippen LogP contribution is 2.43. The summed E-state index contributed by atoms with van der Waals surface area (Å²) in [5, 5.41) is 0. The second-order valence-corrected chi connectivity index (χ2v) is 8.96. The van der Waals surface area contributed by atoms with Gasteiger partial charge in [-0.1, -0.05) is 6.07 Å². The van der Waals surface area contributed by atoms with Crippen LogP contribution in [-0.4, -0.2) is 50.3 Å². The molecule has 1 aromatic carbocycles. The van der Waals surface area contributed by atoms with Crippen molar-refractivity contribution in [2.75, 3.05) is 11.4 Å². The highest BCUT2D eigenvalue weighted by Gasteiger charge is 2.50. The molecule has 2 aliphatic rings. The number of likely N-dealkylation sites (tertiary alicyclic amines) is 1. The largest absolute Gasteiger partial charge is 0.417 e. The number of piperidine rings is 1. The maximum absolute atomic E-state index is 14.8. The van der Waals surface area contributed by atoms with Gasteiger partial charge >= 0.3 is 6.18 Å². The first-order valence-corrected chi connectivity index (χ1v) is 11.3. The third-order valence-corrected chi connectivity index (χ3v) is 6.74. The average molecular weight is 499 g/mol. The van der Waals surface area contributed by atoms with Crippen molar-refractivity contribution in [3.05, 3.63) is 71.9 Å². The van der Waals surface area contributed by atoms with E-state index in [1.54, 1.807) is 11.0 Å². The second kappa shape index (κ2) is 8.96. The van der Waals surface area contributed by atoms with Crippen molar-refractivity contribution in [2.45, 2.75) is 38.0 Å². The molecule has 2 bridgehead atoms. The van der Waals surface area contributed by atoms with E-state index < -0.39 is 41.5 Å². The maximum Gasteiger partial charge on any atom is 0.417 e. The van der Waals surface area contributed by atoms with Crippen LogP contribution in [0.1, 0.15) is 35.7 Å². The summed E-state index contributed by atoms with van der Waals surface area (Å²) < 4.78 is 53.8. The lowest BCUT2D eigenvalue weighted by atomic mass is 10.00. The van der Waals surface area contributed by atoms with Gasteiger partial charge < -0.3 is 4.90 Å².